The van der Waals surface area contributed by atoms with Crippen molar-refractivity contribution in [3.63, 3.8) is 0 Å². The Morgan fingerprint density at radius 2 is 2.00 bits per heavy atom. The van der Waals surface area contributed by atoms with E-state index in [2.05, 4.69) is 20.6 Å². The van der Waals surface area contributed by atoms with E-state index in [0.717, 1.165) is 11.1 Å². The van der Waals surface area contributed by atoms with Crippen LogP contribution in [0.1, 0.15) is 27.7 Å². The van der Waals surface area contributed by atoms with E-state index in [1.54, 1.807) is 48.9 Å². The molecule has 3 heterocycles. The van der Waals surface area contributed by atoms with Crippen molar-refractivity contribution in [3.05, 3.63) is 82.8 Å². The fourth-order valence-electron chi connectivity index (χ4n) is 2.76. The van der Waals surface area contributed by atoms with E-state index in [-0.39, 0.29) is 5.91 Å². The molecule has 0 bridgehead atoms. The van der Waals surface area contributed by atoms with Gasteiger partial charge in [0.15, 0.2) is 0 Å². The lowest BCUT2D eigenvalue weighted by Crippen LogP contribution is -2.39. The number of halogens is 1. The molecule has 3 aromatic rings. The third-order valence-corrected chi connectivity index (χ3v) is 4.24. The van der Waals surface area contributed by atoms with Gasteiger partial charge in [0.2, 0.25) is 0 Å². The first-order chi connectivity index (χ1) is 12.7. The number of ether oxygens (including phenoxy) is 1. The van der Waals surface area contributed by atoms with Crippen molar-refractivity contribution in [2.45, 2.75) is 12.8 Å². The minimum absolute atomic E-state index is 0.199. The minimum atomic E-state index is -0.493. The fourth-order valence-corrected chi connectivity index (χ4v) is 2.94. The normalized spacial score (nSPS) is 15.6. The summed E-state index contributed by atoms with van der Waals surface area (Å²) in [4.78, 5) is 20.7. The molecule has 1 aromatic carbocycles. The highest BCUT2D eigenvalue weighted by Crippen LogP contribution is 2.32. The summed E-state index contributed by atoms with van der Waals surface area (Å²) in [5.41, 5.74) is 2.18. The molecule has 2 N–H and O–H groups in total. The second-order valence-corrected chi connectivity index (χ2v) is 6.22. The van der Waals surface area contributed by atoms with Gasteiger partial charge in [0.05, 0.1) is 5.56 Å². The molecule has 4 rings (SSSR count). The van der Waals surface area contributed by atoms with Gasteiger partial charge in [-0.25, -0.2) is 4.98 Å². The molecule has 1 atom stereocenters. The van der Waals surface area contributed by atoms with E-state index in [1.807, 2.05) is 12.1 Å². The number of benzene rings is 1. The van der Waals surface area contributed by atoms with Crippen molar-refractivity contribution in [3.8, 4) is 5.75 Å². The molecule has 0 saturated carbocycles. The van der Waals surface area contributed by atoms with E-state index >= 15 is 0 Å². The fraction of sp³-hybridized carbons (Fsp3) is 0.105. The number of fused-ring (bicyclic) bond motifs is 1. The van der Waals surface area contributed by atoms with Crippen molar-refractivity contribution >= 4 is 23.3 Å². The highest BCUT2D eigenvalue weighted by atomic mass is 35.5. The number of anilines is 1. The Bertz CT molecular complexity index is 949. The lowest BCUT2D eigenvalue weighted by Gasteiger charge is -2.28. The predicted octanol–water partition coefficient (Wildman–Crippen LogP) is 3.56. The van der Waals surface area contributed by atoms with Crippen LogP contribution in [0.5, 0.6) is 5.75 Å². The molecule has 6 nitrogen and oxygen atoms in total. The molecule has 1 amide bonds. The van der Waals surface area contributed by atoms with Gasteiger partial charge in [-0.05, 0) is 36.4 Å². The Morgan fingerprint density at radius 1 is 1.12 bits per heavy atom. The Hall–Kier alpha value is -3.12. The molecule has 0 saturated heterocycles. The predicted molar refractivity (Wildman–Crippen MR) is 98.1 cm³/mol. The first-order valence-corrected chi connectivity index (χ1v) is 8.42. The molecule has 1 aliphatic heterocycles. The molecule has 1 aliphatic rings. The zero-order valence-electron chi connectivity index (χ0n) is 13.6. The van der Waals surface area contributed by atoms with E-state index < -0.39 is 6.17 Å². The first-order valence-electron chi connectivity index (χ1n) is 8.04. The summed E-state index contributed by atoms with van der Waals surface area (Å²) in [6.07, 6.45) is 4.60. The van der Waals surface area contributed by atoms with Crippen molar-refractivity contribution in [1.29, 1.82) is 0 Å². The molecule has 1 unspecified atom stereocenters. The van der Waals surface area contributed by atoms with Gasteiger partial charge in [0.1, 0.15) is 24.3 Å². The van der Waals surface area contributed by atoms with Gasteiger partial charge in [-0.1, -0.05) is 17.7 Å². The Labute approximate surface area is 155 Å². The van der Waals surface area contributed by atoms with Gasteiger partial charge in [0, 0.05) is 34.7 Å². The molecule has 0 radical (unpaired) electrons. The Morgan fingerprint density at radius 3 is 2.85 bits per heavy atom. The minimum Gasteiger partial charge on any atom is -0.488 e. The third-order valence-electron chi connectivity index (χ3n) is 4.01. The van der Waals surface area contributed by atoms with Crippen LogP contribution in [0.3, 0.4) is 0 Å². The van der Waals surface area contributed by atoms with E-state index in [0.29, 0.717) is 28.8 Å². The van der Waals surface area contributed by atoms with E-state index in [4.69, 9.17) is 16.3 Å². The molecular weight excluding hydrogens is 352 g/mol. The number of carbonyl (C=O) groups excluding carboxylic acids is 1. The molecule has 0 fully saturated rings. The standard InChI is InChI=1S/C19H15ClN4O2/c20-13-5-6-16(26-11-12-3-1-7-21-10-12)15(9-13)18-23-17-14(19(25)24-18)4-2-8-22-17/h1-10,18H,11H2,(H,22,23)(H,24,25). The number of carbonyl (C=O) groups is 1. The highest BCUT2D eigenvalue weighted by molar-refractivity contribution is 6.30. The second-order valence-electron chi connectivity index (χ2n) is 5.78. The smallest absolute Gasteiger partial charge is 0.256 e. The van der Waals surface area contributed by atoms with Gasteiger partial charge in [-0.15, -0.1) is 0 Å². The van der Waals surface area contributed by atoms with Crippen molar-refractivity contribution in [2.75, 3.05) is 5.32 Å². The third kappa shape index (κ3) is 3.32. The van der Waals surface area contributed by atoms with Crippen LogP contribution < -0.4 is 15.4 Å². The monoisotopic (exact) mass is 366 g/mol. The molecule has 130 valence electrons. The SMILES string of the molecule is O=C1NC(c2cc(Cl)ccc2OCc2cccnc2)Nc2ncccc21. The average Bonchev–Trinajstić information content (AvgIpc) is 2.68. The number of nitrogens with zero attached hydrogens (tertiary/aromatic N) is 2. The summed E-state index contributed by atoms with van der Waals surface area (Å²) >= 11 is 6.17. The Balaban J connectivity index is 1.62. The molecule has 7 heteroatoms. The van der Waals surface area contributed by atoms with Gasteiger partial charge < -0.3 is 15.4 Å². The zero-order valence-corrected chi connectivity index (χ0v) is 14.4. The highest BCUT2D eigenvalue weighted by Gasteiger charge is 2.27. The van der Waals surface area contributed by atoms with Crippen LogP contribution >= 0.6 is 11.6 Å². The summed E-state index contributed by atoms with van der Waals surface area (Å²) in [5.74, 6) is 0.949. The van der Waals surface area contributed by atoms with E-state index in [1.165, 1.54) is 0 Å². The molecule has 0 aliphatic carbocycles. The topological polar surface area (TPSA) is 76.1 Å². The number of hydrogen-bond donors (Lipinski definition) is 2. The summed E-state index contributed by atoms with van der Waals surface area (Å²) in [7, 11) is 0. The first kappa shape index (κ1) is 16.4. The van der Waals surface area contributed by atoms with Crippen molar-refractivity contribution in [2.24, 2.45) is 0 Å². The number of pyridine rings is 2. The summed E-state index contributed by atoms with van der Waals surface area (Å²) in [6.45, 7) is 0.359. The van der Waals surface area contributed by atoms with Crippen LogP contribution in [-0.4, -0.2) is 15.9 Å². The Kier molecular flexibility index (Phi) is 4.41. The van der Waals surface area contributed by atoms with E-state index in [9.17, 15) is 4.79 Å². The molecule has 2 aromatic heterocycles. The maximum Gasteiger partial charge on any atom is 0.256 e. The lowest BCUT2D eigenvalue weighted by molar-refractivity contribution is 0.0934. The lowest BCUT2D eigenvalue weighted by atomic mass is 10.1. The maximum absolute atomic E-state index is 12.4. The zero-order chi connectivity index (χ0) is 17.9. The second kappa shape index (κ2) is 7.01. The van der Waals surface area contributed by atoms with Gasteiger partial charge in [-0.2, -0.15) is 0 Å². The molecular formula is C19H15ClN4O2. The van der Waals surface area contributed by atoms with Crippen molar-refractivity contribution in [1.82, 2.24) is 15.3 Å². The van der Waals surface area contributed by atoms with Crippen LogP contribution in [0.15, 0.2) is 61.1 Å². The summed E-state index contributed by atoms with van der Waals surface area (Å²) in [5, 5.41) is 6.68. The van der Waals surface area contributed by atoms with Crippen LogP contribution in [0.25, 0.3) is 0 Å². The largest absolute Gasteiger partial charge is 0.488 e. The van der Waals surface area contributed by atoms with Gasteiger partial charge in [-0.3, -0.25) is 9.78 Å². The molecule has 26 heavy (non-hydrogen) atoms. The maximum atomic E-state index is 12.4. The van der Waals surface area contributed by atoms with Crippen LogP contribution in [0.4, 0.5) is 5.82 Å². The van der Waals surface area contributed by atoms with Gasteiger partial charge in [0.25, 0.3) is 5.91 Å². The van der Waals surface area contributed by atoms with Gasteiger partial charge >= 0.3 is 0 Å². The van der Waals surface area contributed by atoms with Crippen LogP contribution in [0, 0.1) is 0 Å². The van der Waals surface area contributed by atoms with Crippen LogP contribution in [-0.2, 0) is 6.61 Å². The average molecular weight is 367 g/mol. The van der Waals surface area contributed by atoms with Crippen LogP contribution in [0.2, 0.25) is 5.02 Å². The number of rotatable bonds is 4. The summed E-state index contributed by atoms with van der Waals surface area (Å²) in [6, 6.07) is 12.5. The number of hydrogen-bond acceptors (Lipinski definition) is 5. The number of nitrogens with one attached hydrogen (secondary N) is 2. The summed E-state index contributed by atoms with van der Waals surface area (Å²) < 4.78 is 5.94. The molecule has 0 spiro atoms. The van der Waals surface area contributed by atoms with Crippen molar-refractivity contribution < 1.29 is 9.53 Å². The number of amides is 1. The quantitative estimate of drug-likeness (QED) is 0.738. The number of aromatic nitrogens is 2.